The van der Waals surface area contributed by atoms with Crippen molar-refractivity contribution in [1.29, 1.82) is 0 Å². The Hall–Kier alpha value is -2.89. The molecule has 6 heteroatoms. The van der Waals surface area contributed by atoms with Gasteiger partial charge in [0.2, 0.25) is 5.95 Å². The fourth-order valence-corrected chi connectivity index (χ4v) is 3.06. The van der Waals surface area contributed by atoms with Gasteiger partial charge in [-0.2, -0.15) is 5.10 Å². The lowest BCUT2D eigenvalue weighted by Gasteiger charge is -2.14. The number of anilines is 1. The predicted octanol–water partition coefficient (Wildman–Crippen LogP) is 3.72. The Balaban J connectivity index is 1.82. The van der Waals surface area contributed by atoms with Crippen LogP contribution < -0.4 is 5.32 Å². The van der Waals surface area contributed by atoms with Gasteiger partial charge in [0.15, 0.2) is 0 Å². The second kappa shape index (κ2) is 6.78. The number of carbonyl (C=O) groups excluding carboxylic acids is 1. The number of hydrogen-bond acceptors (Lipinski definition) is 3. The van der Waals surface area contributed by atoms with Crippen LogP contribution in [-0.4, -0.2) is 25.2 Å². The van der Waals surface area contributed by atoms with Gasteiger partial charge in [-0.05, 0) is 57.9 Å². The van der Waals surface area contributed by atoms with E-state index >= 15 is 0 Å². The maximum atomic E-state index is 12.6. The Morgan fingerprint density at radius 1 is 1.12 bits per heavy atom. The van der Waals surface area contributed by atoms with Gasteiger partial charge in [0, 0.05) is 18.3 Å². The van der Waals surface area contributed by atoms with E-state index in [0.29, 0.717) is 5.95 Å². The fraction of sp³-hybridized carbons (Fsp3) is 0.350. The molecular formula is C20H25N5O. The Morgan fingerprint density at radius 2 is 1.85 bits per heavy atom. The van der Waals surface area contributed by atoms with Crippen molar-refractivity contribution in [3.63, 3.8) is 0 Å². The first-order valence-electron chi connectivity index (χ1n) is 8.71. The Morgan fingerprint density at radius 3 is 2.46 bits per heavy atom. The molecule has 1 aromatic carbocycles. The molecule has 0 fully saturated rings. The highest BCUT2D eigenvalue weighted by Crippen LogP contribution is 2.24. The van der Waals surface area contributed by atoms with Gasteiger partial charge in [-0.1, -0.05) is 12.1 Å². The van der Waals surface area contributed by atoms with Gasteiger partial charge >= 0.3 is 0 Å². The molecule has 1 N–H and O–H groups in total. The standard InChI is InChI=1S/C20H25N5O/c1-12-7-8-17(9-13(12)2)18-11-21-20(24(18)6)22-19(26)16(5)25-15(4)10-14(3)23-25/h7-11,16H,1-6H3,(H,21,22,26)/t16-/m1/s1. The molecule has 0 radical (unpaired) electrons. The molecule has 1 atom stereocenters. The van der Waals surface area contributed by atoms with Crippen LogP contribution in [0.25, 0.3) is 11.3 Å². The zero-order valence-electron chi connectivity index (χ0n) is 16.2. The molecule has 6 nitrogen and oxygen atoms in total. The molecule has 0 aliphatic rings. The van der Waals surface area contributed by atoms with Crippen molar-refractivity contribution in [2.75, 3.05) is 5.32 Å². The molecular weight excluding hydrogens is 326 g/mol. The highest BCUT2D eigenvalue weighted by molar-refractivity contribution is 5.92. The molecule has 0 saturated carbocycles. The number of hydrogen-bond donors (Lipinski definition) is 1. The van der Waals surface area contributed by atoms with E-state index in [1.165, 1.54) is 11.1 Å². The van der Waals surface area contributed by atoms with Gasteiger partial charge in [-0.3, -0.25) is 14.8 Å². The molecule has 1 amide bonds. The van der Waals surface area contributed by atoms with Crippen LogP contribution in [0.1, 0.15) is 35.5 Å². The maximum absolute atomic E-state index is 12.6. The van der Waals surface area contributed by atoms with Crippen LogP contribution in [0.15, 0.2) is 30.5 Å². The lowest BCUT2D eigenvalue weighted by molar-refractivity contribution is -0.119. The van der Waals surface area contributed by atoms with E-state index in [4.69, 9.17) is 0 Å². The molecule has 0 unspecified atom stereocenters. The summed E-state index contributed by atoms with van der Waals surface area (Å²) < 4.78 is 3.63. The quantitative estimate of drug-likeness (QED) is 0.779. The number of aryl methyl sites for hydroxylation is 4. The first-order valence-corrected chi connectivity index (χ1v) is 8.71. The molecule has 3 rings (SSSR count). The minimum absolute atomic E-state index is 0.142. The third-order valence-corrected chi connectivity index (χ3v) is 4.82. The van der Waals surface area contributed by atoms with E-state index < -0.39 is 6.04 Å². The molecule has 0 aliphatic carbocycles. The van der Waals surface area contributed by atoms with E-state index in [2.05, 4.69) is 47.4 Å². The Labute approximate surface area is 153 Å². The van der Waals surface area contributed by atoms with Gasteiger partial charge in [-0.15, -0.1) is 0 Å². The number of carbonyl (C=O) groups is 1. The minimum atomic E-state index is -0.412. The molecule has 26 heavy (non-hydrogen) atoms. The largest absolute Gasteiger partial charge is 0.313 e. The van der Waals surface area contributed by atoms with Crippen molar-refractivity contribution < 1.29 is 4.79 Å². The maximum Gasteiger partial charge on any atom is 0.251 e. The number of amides is 1. The number of benzene rings is 1. The van der Waals surface area contributed by atoms with E-state index in [-0.39, 0.29) is 5.91 Å². The van der Waals surface area contributed by atoms with Crippen LogP contribution in [0.5, 0.6) is 0 Å². The highest BCUT2D eigenvalue weighted by Gasteiger charge is 2.20. The van der Waals surface area contributed by atoms with Crippen LogP contribution >= 0.6 is 0 Å². The Kier molecular flexibility index (Phi) is 4.68. The molecule has 2 aromatic heterocycles. The summed E-state index contributed by atoms with van der Waals surface area (Å²) in [6, 6.07) is 7.86. The number of aromatic nitrogens is 4. The third kappa shape index (κ3) is 3.27. The van der Waals surface area contributed by atoms with Crippen molar-refractivity contribution in [2.24, 2.45) is 7.05 Å². The molecule has 0 aliphatic heterocycles. The topological polar surface area (TPSA) is 64.7 Å². The lowest BCUT2D eigenvalue weighted by atomic mass is 10.0. The van der Waals surface area contributed by atoms with Crippen LogP contribution in [-0.2, 0) is 11.8 Å². The van der Waals surface area contributed by atoms with E-state index in [1.807, 2.05) is 38.5 Å². The Bertz CT molecular complexity index is 967. The number of nitrogens with zero attached hydrogens (tertiary/aromatic N) is 4. The number of rotatable bonds is 4. The average Bonchev–Trinajstić information content (AvgIpc) is 3.12. The molecule has 0 spiro atoms. The fourth-order valence-electron chi connectivity index (χ4n) is 3.06. The van der Waals surface area contributed by atoms with Crippen LogP contribution in [0, 0.1) is 27.7 Å². The summed E-state index contributed by atoms with van der Waals surface area (Å²) >= 11 is 0. The molecule has 0 saturated heterocycles. The SMILES string of the molecule is Cc1cc(C)n([C@H](C)C(=O)Nc2ncc(-c3ccc(C)c(C)c3)n2C)n1. The second-order valence-corrected chi connectivity index (χ2v) is 6.86. The first kappa shape index (κ1) is 17.9. The molecule has 136 valence electrons. The summed E-state index contributed by atoms with van der Waals surface area (Å²) in [5.74, 6) is 0.383. The number of imidazole rings is 1. The van der Waals surface area contributed by atoms with Crippen molar-refractivity contribution in [2.45, 2.75) is 40.7 Å². The van der Waals surface area contributed by atoms with Gasteiger partial charge in [-0.25, -0.2) is 4.98 Å². The van der Waals surface area contributed by atoms with Gasteiger partial charge in [0.05, 0.1) is 17.6 Å². The zero-order chi connectivity index (χ0) is 19.0. The highest BCUT2D eigenvalue weighted by atomic mass is 16.2. The van der Waals surface area contributed by atoms with Crippen LogP contribution in [0.4, 0.5) is 5.95 Å². The van der Waals surface area contributed by atoms with E-state index in [0.717, 1.165) is 22.6 Å². The zero-order valence-corrected chi connectivity index (χ0v) is 16.2. The summed E-state index contributed by atoms with van der Waals surface area (Å²) in [7, 11) is 1.90. The first-order chi connectivity index (χ1) is 12.3. The van der Waals surface area contributed by atoms with Crippen LogP contribution in [0.2, 0.25) is 0 Å². The molecule has 3 aromatic rings. The summed E-state index contributed by atoms with van der Waals surface area (Å²) in [5.41, 5.74) is 6.38. The lowest BCUT2D eigenvalue weighted by Crippen LogP contribution is -2.26. The van der Waals surface area contributed by atoms with Crippen LogP contribution in [0.3, 0.4) is 0 Å². The second-order valence-electron chi connectivity index (χ2n) is 6.86. The van der Waals surface area contributed by atoms with Gasteiger partial charge in [0.1, 0.15) is 6.04 Å². The normalized spacial score (nSPS) is 12.2. The number of nitrogens with one attached hydrogen (secondary N) is 1. The minimum Gasteiger partial charge on any atom is -0.313 e. The van der Waals surface area contributed by atoms with E-state index in [9.17, 15) is 4.79 Å². The molecule has 2 heterocycles. The summed E-state index contributed by atoms with van der Waals surface area (Å²) in [6.45, 7) is 9.88. The smallest absolute Gasteiger partial charge is 0.251 e. The van der Waals surface area contributed by atoms with Crippen molar-refractivity contribution in [1.82, 2.24) is 19.3 Å². The summed E-state index contributed by atoms with van der Waals surface area (Å²) in [5, 5.41) is 7.31. The third-order valence-electron chi connectivity index (χ3n) is 4.82. The van der Waals surface area contributed by atoms with Crippen molar-refractivity contribution >= 4 is 11.9 Å². The van der Waals surface area contributed by atoms with Crippen molar-refractivity contribution in [3.8, 4) is 11.3 Å². The summed E-state index contributed by atoms with van der Waals surface area (Å²) in [6.07, 6.45) is 1.79. The van der Waals surface area contributed by atoms with E-state index in [1.54, 1.807) is 10.9 Å². The molecule has 0 bridgehead atoms. The average molecular weight is 351 g/mol. The van der Waals surface area contributed by atoms with Gasteiger partial charge in [0.25, 0.3) is 5.91 Å². The monoisotopic (exact) mass is 351 g/mol. The summed E-state index contributed by atoms with van der Waals surface area (Å²) in [4.78, 5) is 17.0. The predicted molar refractivity (Wildman–Crippen MR) is 103 cm³/mol. The van der Waals surface area contributed by atoms with Gasteiger partial charge < -0.3 is 4.57 Å². The van der Waals surface area contributed by atoms with Crippen molar-refractivity contribution in [3.05, 3.63) is 53.0 Å².